The molecular weight excluding hydrogens is 565 g/mol. The third-order valence-electron chi connectivity index (χ3n) is 8.13. The van der Waals surface area contributed by atoms with Gasteiger partial charge in [0.25, 0.3) is 0 Å². The van der Waals surface area contributed by atoms with Crippen LogP contribution >= 0.6 is 11.8 Å². The number of carbonyl (C=O) groups excluding carboxylic acids is 3. The van der Waals surface area contributed by atoms with E-state index in [9.17, 15) is 18.8 Å². The lowest BCUT2D eigenvalue weighted by Crippen LogP contribution is -2.46. The number of nitrogens with one attached hydrogen (secondary N) is 1. The Bertz CT molecular complexity index is 1250. The van der Waals surface area contributed by atoms with Crippen LogP contribution in [0.5, 0.6) is 0 Å². The molecule has 2 aromatic carbocycles. The number of halogens is 1. The first-order valence-electron chi connectivity index (χ1n) is 15.2. The summed E-state index contributed by atoms with van der Waals surface area (Å²) in [5.74, 6) is 0.390. The van der Waals surface area contributed by atoms with Crippen LogP contribution in [0, 0.1) is 17.1 Å². The number of unbranched alkanes of at least 4 members (excludes halogenated alkanes) is 4. The fourth-order valence-electron chi connectivity index (χ4n) is 5.30. The molecule has 0 bridgehead atoms. The molecule has 1 fully saturated rings. The lowest BCUT2D eigenvalue weighted by Gasteiger charge is -2.36. The Morgan fingerprint density at radius 2 is 1.86 bits per heavy atom. The molecular formula is C33H44FN5O3S. The number of thioether (sulfide) groups is 1. The van der Waals surface area contributed by atoms with E-state index in [1.54, 1.807) is 23.9 Å². The molecule has 8 nitrogen and oxygen atoms in total. The van der Waals surface area contributed by atoms with Crippen molar-refractivity contribution in [2.75, 3.05) is 50.4 Å². The normalized spacial score (nSPS) is 14.3. The molecule has 0 saturated carbocycles. The number of hydrogen-bond acceptors (Lipinski definition) is 8. The fourth-order valence-corrected chi connectivity index (χ4v) is 6.40. The highest BCUT2D eigenvalue weighted by Gasteiger charge is 2.20. The van der Waals surface area contributed by atoms with Gasteiger partial charge in [0.2, 0.25) is 12.3 Å². The molecule has 2 amide bonds. The molecule has 1 aliphatic rings. The average molecular weight is 610 g/mol. The van der Waals surface area contributed by atoms with Gasteiger partial charge in [-0.1, -0.05) is 31.4 Å². The molecule has 1 unspecified atom stereocenters. The second-order valence-corrected chi connectivity index (χ2v) is 12.3. The van der Waals surface area contributed by atoms with Crippen molar-refractivity contribution in [3.63, 3.8) is 0 Å². The summed E-state index contributed by atoms with van der Waals surface area (Å²) in [4.78, 5) is 41.7. The van der Waals surface area contributed by atoms with E-state index in [2.05, 4.69) is 26.1 Å². The number of hydrogen-bond donors (Lipinski definition) is 1. The first-order chi connectivity index (χ1) is 20.9. The third-order valence-corrected chi connectivity index (χ3v) is 9.32. The molecule has 0 radical (unpaired) electrons. The molecule has 0 aromatic heterocycles. The van der Waals surface area contributed by atoms with Crippen LogP contribution < -0.4 is 10.2 Å². The van der Waals surface area contributed by atoms with Crippen molar-refractivity contribution < 1.29 is 18.8 Å². The van der Waals surface area contributed by atoms with E-state index in [0.29, 0.717) is 36.2 Å². The average Bonchev–Trinajstić information content (AvgIpc) is 3.02. The maximum Gasteiger partial charge on any atom is 0.226 e. The zero-order valence-corrected chi connectivity index (χ0v) is 26.2. The van der Waals surface area contributed by atoms with Gasteiger partial charge in [-0.25, -0.2) is 4.39 Å². The number of rotatable bonds is 18. The summed E-state index contributed by atoms with van der Waals surface area (Å²) >= 11 is 1.80. The Balaban J connectivity index is 1.32. The van der Waals surface area contributed by atoms with E-state index >= 15 is 0 Å². The second kappa shape index (κ2) is 18.4. The van der Waals surface area contributed by atoms with Crippen LogP contribution in [0.3, 0.4) is 0 Å². The number of aldehydes is 1. The molecule has 1 atom stereocenters. The predicted octanol–water partition coefficient (Wildman–Crippen LogP) is 5.25. The molecule has 3 rings (SSSR count). The lowest BCUT2D eigenvalue weighted by atomic mass is 10.1. The summed E-state index contributed by atoms with van der Waals surface area (Å²) in [5, 5.41) is 11.1. The van der Waals surface area contributed by atoms with Crippen molar-refractivity contribution >= 4 is 36.1 Å². The zero-order chi connectivity index (χ0) is 31.0. The summed E-state index contributed by atoms with van der Waals surface area (Å²) < 4.78 is 14.3. The van der Waals surface area contributed by atoms with E-state index in [4.69, 9.17) is 5.26 Å². The molecule has 0 aliphatic carbocycles. The van der Waals surface area contributed by atoms with Crippen LogP contribution in [-0.2, 0) is 16.1 Å². The van der Waals surface area contributed by atoms with Gasteiger partial charge in [-0.2, -0.15) is 5.26 Å². The van der Waals surface area contributed by atoms with Crippen molar-refractivity contribution in [3.05, 3.63) is 58.9 Å². The smallest absolute Gasteiger partial charge is 0.226 e. The van der Waals surface area contributed by atoms with Gasteiger partial charge in [-0.05, 0) is 75.4 Å². The number of nitriles is 1. The predicted molar refractivity (Wildman–Crippen MR) is 170 cm³/mol. The Kier molecular flexibility index (Phi) is 14.7. The first kappa shape index (κ1) is 34.2. The summed E-state index contributed by atoms with van der Waals surface area (Å²) in [6.07, 6.45) is 8.05. The van der Waals surface area contributed by atoms with Gasteiger partial charge in [0, 0.05) is 55.6 Å². The highest BCUT2D eigenvalue weighted by Crippen LogP contribution is 2.28. The highest BCUT2D eigenvalue weighted by molar-refractivity contribution is 7.99. The Morgan fingerprint density at radius 3 is 2.56 bits per heavy atom. The molecule has 1 heterocycles. The van der Waals surface area contributed by atoms with Crippen LogP contribution in [-0.4, -0.2) is 80.0 Å². The number of nitrogens with zero attached hydrogens (tertiary/aromatic N) is 4. The Labute approximate surface area is 259 Å². The van der Waals surface area contributed by atoms with Gasteiger partial charge < -0.3 is 4.90 Å². The van der Waals surface area contributed by atoms with E-state index in [-0.39, 0.29) is 24.2 Å². The summed E-state index contributed by atoms with van der Waals surface area (Å²) in [6.45, 7) is 7.14. The van der Waals surface area contributed by atoms with Crippen molar-refractivity contribution in [1.29, 1.82) is 5.26 Å². The van der Waals surface area contributed by atoms with Crippen LogP contribution in [0.15, 0.2) is 41.3 Å². The van der Waals surface area contributed by atoms with Crippen molar-refractivity contribution in [3.8, 4) is 6.07 Å². The first-order valence-corrected chi connectivity index (χ1v) is 16.1. The third kappa shape index (κ3) is 11.1. The van der Waals surface area contributed by atoms with Gasteiger partial charge in [-0.15, -0.1) is 11.8 Å². The number of imide groups is 1. The topological polar surface area (TPSA) is 96.8 Å². The minimum atomic E-state index is -0.324. The van der Waals surface area contributed by atoms with Gasteiger partial charge in [0.1, 0.15) is 12.1 Å². The minimum Gasteiger partial charge on any atom is -0.367 e. The second-order valence-electron chi connectivity index (χ2n) is 11.2. The Morgan fingerprint density at radius 1 is 1.12 bits per heavy atom. The standard InChI is InChI=1S/C33H44FN5O3S/c1-26(11-14-33(42)36-25-41)37(2)23-29-28(24-40)9-8-10-32(29)43-20-7-5-3-4-6-15-38-16-18-39(19-17-38)31-13-12-27(22-35)21-30(31)34/h8-10,12-13,21,24-26H,3-7,11,14-20,23H2,1-2H3,(H,36,41,42). The summed E-state index contributed by atoms with van der Waals surface area (Å²) in [6, 6.07) is 12.7. The maximum atomic E-state index is 14.3. The Hall–Kier alpha value is -3.26. The van der Waals surface area contributed by atoms with Crippen LogP contribution in [0.25, 0.3) is 0 Å². The van der Waals surface area contributed by atoms with Gasteiger partial charge in [-0.3, -0.25) is 29.5 Å². The van der Waals surface area contributed by atoms with Crippen LogP contribution in [0.1, 0.15) is 73.4 Å². The van der Waals surface area contributed by atoms with Gasteiger partial charge in [0.05, 0.1) is 17.3 Å². The van der Waals surface area contributed by atoms with Gasteiger partial charge >= 0.3 is 0 Å². The minimum absolute atomic E-state index is 0.115. The van der Waals surface area contributed by atoms with E-state index < -0.39 is 0 Å². The molecule has 232 valence electrons. The van der Waals surface area contributed by atoms with Gasteiger partial charge in [0.15, 0.2) is 0 Å². The monoisotopic (exact) mass is 609 g/mol. The van der Waals surface area contributed by atoms with Crippen LogP contribution in [0.2, 0.25) is 0 Å². The maximum absolute atomic E-state index is 14.3. The summed E-state index contributed by atoms with van der Waals surface area (Å²) in [7, 11) is 1.99. The van der Waals surface area contributed by atoms with Crippen molar-refractivity contribution in [2.24, 2.45) is 0 Å². The SMILES string of the molecule is CC(CCC(=O)NC=O)N(C)Cc1c(C=O)cccc1SCCCCCCCN1CCN(c2ccc(C#N)cc2F)CC1. The molecule has 2 aromatic rings. The molecule has 1 aliphatic heterocycles. The van der Waals surface area contributed by atoms with Crippen LogP contribution in [0.4, 0.5) is 10.1 Å². The number of anilines is 1. The molecule has 10 heteroatoms. The highest BCUT2D eigenvalue weighted by atomic mass is 32.2. The zero-order valence-electron chi connectivity index (χ0n) is 25.4. The van der Waals surface area contributed by atoms with Crippen molar-refractivity contribution in [1.82, 2.24) is 15.1 Å². The number of piperazine rings is 1. The molecule has 43 heavy (non-hydrogen) atoms. The van der Waals surface area contributed by atoms with E-state index in [1.807, 2.05) is 32.2 Å². The van der Waals surface area contributed by atoms with Crippen molar-refractivity contribution in [2.45, 2.75) is 69.4 Å². The van der Waals surface area contributed by atoms with E-state index in [1.165, 1.54) is 25.3 Å². The summed E-state index contributed by atoms with van der Waals surface area (Å²) in [5.41, 5.74) is 2.66. The molecule has 1 N–H and O–H groups in total. The number of carbonyl (C=O) groups is 3. The van der Waals surface area contributed by atoms with E-state index in [0.717, 1.165) is 68.1 Å². The quantitative estimate of drug-likeness (QED) is 0.139. The molecule has 0 spiro atoms. The largest absolute Gasteiger partial charge is 0.367 e. The lowest BCUT2D eigenvalue weighted by molar-refractivity contribution is -0.125. The fraction of sp³-hybridized carbons (Fsp3) is 0.515. The number of benzene rings is 2. The molecule has 1 saturated heterocycles. The number of amides is 2.